The summed E-state index contributed by atoms with van der Waals surface area (Å²) in [6.07, 6.45) is 0.770. The van der Waals surface area contributed by atoms with Crippen molar-refractivity contribution in [3.8, 4) is 22.6 Å². The number of hydrogen-bond acceptors (Lipinski definition) is 3. The summed E-state index contributed by atoms with van der Waals surface area (Å²) in [7, 11) is 0. The smallest absolute Gasteiger partial charge is 0.231 e. The van der Waals surface area contributed by atoms with Gasteiger partial charge in [-0.15, -0.1) is 0 Å². The van der Waals surface area contributed by atoms with E-state index in [-0.39, 0.29) is 6.79 Å². The fourth-order valence-electron chi connectivity index (χ4n) is 2.03. The van der Waals surface area contributed by atoms with Gasteiger partial charge in [-0.1, -0.05) is 29.8 Å². The molecule has 0 radical (unpaired) electrons. The molecule has 90 valence electrons. The minimum atomic E-state index is 0.141. The van der Waals surface area contributed by atoms with Gasteiger partial charge in [0.15, 0.2) is 17.8 Å². The van der Waals surface area contributed by atoms with Gasteiger partial charge in [0.05, 0.1) is 5.56 Å². The van der Waals surface area contributed by atoms with Crippen LogP contribution in [0.4, 0.5) is 0 Å². The van der Waals surface area contributed by atoms with Crippen molar-refractivity contribution in [3.63, 3.8) is 0 Å². The highest BCUT2D eigenvalue weighted by Gasteiger charge is 2.21. The van der Waals surface area contributed by atoms with E-state index in [9.17, 15) is 4.79 Å². The highest BCUT2D eigenvalue weighted by atomic mass is 35.5. The second-order valence-corrected chi connectivity index (χ2v) is 4.27. The van der Waals surface area contributed by atoms with Crippen LogP contribution in [0, 0.1) is 0 Å². The number of aldehydes is 1. The van der Waals surface area contributed by atoms with Gasteiger partial charge in [0.2, 0.25) is 6.79 Å². The Kier molecular flexibility index (Phi) is 2.68. The third-order valence-corrected chi connectivity index (χ3v) is 3.19. The van der Waals surface area contributed by atoms with Gasteiger partial charge in [-0.3, -0.25) is 4.79 Å². The Labute approximate surface area is 109 Å². The van der Waals surface area contributed by atoms with Crippen LogP contribution in [0.25, 0.3) is 11.1 Å². The van der Waals surface area contributed by atoms with Gasteiger partial charge in [-0.05, 0) is 23.8 Å². The van der Waals surface area contributed by atoms with Crippen LogP contribution in [0.1, 0.15) is 10.4 Å². The van der Waals surface area contributed by atoms with E-state index in [1.165, 1.54) is 0 Å². The summed E-state index contributed by atoms with van der Waals surface area (Å²) in [5.74, 6) is 1.08. The molecule has 0 N–H and O–H groups in total. The van der Waals surface area contributed by atoms with Gasteiger partial charge in [-0.2, -0.15) is 0 Å². The van der Waals surface area contributed by atoms with Crippen molar-refractivity contribution in [1.29, 1.82) is 0 Å². The zero-order valence-corrected chi connectivity index (χ0v) is 10.1. The standard InChI is InChI=1S/C14H9ClO3/c15-12-4-2-1-3-10(12)9-5-6-13-14(11(9)7-16)18-8-17-13/h1-7H,8H2. The molecule has 0 aromatic heterocycles. The maximum absolute atomic E-state index is 11.3. The third-order valence-electron chi connectivity index (χ3n) is 2.86. The van der Waals surface area contributed by atoms with Crippen molar-refractivity contribution in [1.82, 2.24) is 0 Å². The molecule has 0 saturated carbocycles. The Balaban J connectivity index is 2.25. The molecule has 3 rings (SSSR count). The zero-order valence-electron chi connectivity index (χ0n) is 9.35. The van der Waals surface area contributed by atoms with Crippen LogP contribution < -0.4 is 9.47 Å². The van der Waals surface area contributed by atoms with Gasteiger partial charge in [0.1, 0.15) is 0 Å². The van der Waals surface area contributed by atoms with Crippen LogP contribution in [0.3, 0.4) is 0 Å². The summed E-state index contributed by atoms with van der Waals surface area (Å²) in [4.78, 5) is 11.3. The molecule has 4 heteroatoms. The summed E-state index contributed by atoms with van der Waals surface area (Å²) in [5.41, 5.74) is 2.03. The molecule has 1 heterocycles. The van der Waals surface area contributed by atoms with Crippen molar-refractivity contribution >= 4 is 17.9 Å². The monoisotopic (exact) mass is 260 g/mol. The summed E-state index contributed by atoms with van der Waals surface area (Å²) in [5, 5.41) is 0.597. The Morgan fingerprint density at radius 3 is 2.67 bits per heavy atom. The second-order valence-electron chi connectivity index (χ2n) is 3.86. The quantitative estimate of drug-likeness (QED) is 0.775. The lowest BCUT2D eigenvalue weighted by atomic mass is 9.99. The summed E-state index contributed by atoms with van der Waals surface area (Å²) in [6.45, 7) is 0.141. The highest BCUT2D eigenvalue weighted by Crippen LogP contribution is 2.41. The van der Waals surface area contributed by atoms with E-state index < -0.39 is 0 Å². The minimum absolute atomic E-state index is 0.141. The van der Waals surface area contributed by atoms with Crippen molar-refractivity contribution in [2.75, 3.05) is 6.79 Å². The van der Waals surface area contributed by atoms with E-state index in [4.69, 9.17) is 21.1 Å². The number of benzene rings is 2. The van der Waals surface area contributed by atoms with Crippen molar-refractivity contribution in [2.24, 2.45) is 0 Å². The molecular formula is C14H9ClO3. The van der Waals surface area contributed by atoms with Crippen LogP contribution in [-0.2, 0) is 0 Å². The van der Waals surface area contributed by atoms with Crippen molar-refractivity contribution in [3.05, 3.63) is 47.0 Å². The molecule has 1 aliphatic rings. The number of halogens is 1. The van der Waals surface area contributed by atoms with Gasteiger partial charge in [0, 0.05) is 10.6 Å². The highest BCUT2D eigenvalue weighted by molar-refractivity contribution is 6.33. The van der Waals surface area contributed by atoms with Crippen LogP contribution in [0.2, 0.25) is 5.02 Å². The number of ether oxygens (including phenoxy) is 2. The molecule has 0 amide bonds. The average molecular weight is 261 g/mol. The summed E-state index contributed by atoms with van der Waals surface area (Å²) < 4.78 is 10.6. The first-order valence-electron chi connectivity index (χ1n) is 5.44. The topological polar surface area (TPSA) is 35.5 Å². The third kappa shape index (κ3) is 1.64. The molecular weight excluding hydrogens is 252 g/mol. The first-order chi connectivity index (χ1) is 8.81. The Morgan fingerprint density at radius 1 is 1.06 bits per heavy atom. The molecule has 0 fully saturated rings. The van der Waals surface area contributed by atoms with Gasteiger partial charge in [0.25, 0.3) is 0 Å². The van der Waals surface area contributed by atoms with E-state index in [0.717, 1.165) is 17.4 Å². The minimum Gasteiger partial charge on any atom is -0.454 e. The van der Waals surface area contributed by atoms with Gasteiger partial charge in [-0.25, -0.2) is 0 Å². The van der Waals surface area contributed by atoms with Crippen LogP contribution in [0.5, 0.6) is 11.5 Å². The van der Waals surface area contributed by atoms with E-state index in [1.807, 2.05) is 24.3 Å². The van der Waals surface area contributed by atoms with E-state index in [2.05, 4.69) is 0 Å². The van der Waals surface area contributed by atoms with E-state index in [1.54, 1.807) is 12.1 Å². The van der Waals surface area contributed by atoms with E-state index in [0.29, 0.717) is 22.1 Å². The lowest BCUT2D eigenvalue weighted by molar-refractivity contribution is 0.111. The number of carbonyl (C=O) groups excluding carboxylic acids is 1. The summed E-state index contributed by atoms with van der Waals surface area (Å²) in [6, 6.07) is 11.0. The normalized spacial score (nSPS) is 12.5. The Hall–Kier alpha value is -2.00. The first-order valence-corrected chi connectivity index (χ1v) is 5.81. The summed E-state index contributed by atoms with van der Waals surface area (Å²) >= 11 is 6.15. The largest absolute Gasteiger partial charge is 0.454 e. The molecule has 1 aliphatic heterocycles. The molecule has 0 aliphatic carbocycles. The van der Waals surface area contributed by atoms with Crippen LogP contribution in [0.15, 0.2) is 36.4 Å². The lowest BCUT2D eigenvalue weighted by Gasteiger charge is -2.09. The fourth-order valence-corrected chi connectivity index (χ4v) is 2.26. The lowest BCUT2D eigenvalue weighted by Crippen LogP contribution is -1.95. The number of rotatable bonds is 2. The maximum atomic E-state index is 11.3. The number of fused-ring (bicyclic) bond motifs is 1. The maximum Gasteiger partial charge on any atom is 0.231 e. The number of carbonyl (C=O) groups is 1. The molecule has 0 spiro atoms. The Bertz CT molecular complexity index is 622. The van der Waals surface area contributed by atoms with Crippen molar-refractivity contribution in [2.45, 2.75) is 0 Å². The fraction of sp³-hybridized carbons (Fsp3) is 0.0714. The van der Waals surface area contributed by atoms with Crippen LogP contribution in [-0.4, -0.2) is 13.1 Å². The molecule has 2 aromatic rings. The molecule has 0 atom stereocenters. The first kappa shape index (κ1) is 11.1. The van der Waals surface area contributed by atoms with Crippen LogP contribution >= 0.6 is 11.6 Å². The van der Waals surface area contributed by atoms with Gasteiger partial charge < -0.3 is 9.47 Å². The molecule has 18 heavy (non-hydrogen) atoms. The predicted molar refractivity (Wildman–Crippen MR) is 68.4 cm³/mol. The molecule has 2 aromatic carbocycles. The molecule has 3 nitrogen and oxygen atoms in total. The van der Waals surface area contributed by atoms with Gasteiger partial charge >= 0.3 is 0 Å². The molecule has 0 unspecified atom stereocenters. The predicted octanol–water partition coefficient (Wildman–Crippen LogP) is 3.55. The second kappa shape index (κ2) is 4.35. The number of hydrogen-bond donors (Lipinski definition) is 0. The Morgan fingerprint density at radius 2 is 1.89 bits per heavy atom. The zero-order chi connectivity index (χ0) is 12.5. The molecule has 0 bridgehead atoms. The average Bonchev–Trinajstić information content (AvgIpc) is 2.86. The van der Waals surface area contributed by atoms with Crippen molar-refractivity contribution < 1.29 is 14.3 Å². The van der Waals surface area contributed by atoms with E-state index >= 15 is 0 Å². The molecule has 0 saturated heterocycles. The SMILES string of the molecule is O=Cc1c(-c2ccccc2Cl)ccc2c1OCO2.